The van der Waals surface area contributed by atoms with Gasteiger partial charge in [-0.2, -0.15) is 0 Å². The van der Waals surface area contributed by atoms with Gasteiger partial charge in [0.2, 0.25) is 5.91 Å². The number of hydrazine groups is 1. The second-order valence-electron chi connectivity index (χ2n) is 2.77. The first-order valence-electron chi connectivity index (χ1n) is 4.47. The lowest BCUT2D eigenvalue weighted by molar-refractivity contribution is -0.119. The fourth-order valence-corrected chi connectivity index (χ4v) is 0.919. The van der Waals surface area contributed by atoms with Crippen molar-refractivity contribution in [2.75, 3.05) is 6.54 Å². The van der Waals surface area contributed by atoms with Crippen molar-refractivity contribution < 1.29 is 4.79 Å². The van der Waals surface area contributed by atoms with Crippen LogP contribution in [-0.2, 0) is 4.79 Å². The lowest BCUT2D eigenvalue weighted by atomic mass is 10.2. The minimum atomic E-state index is -0.155. The molecule has 0 aromatic rings. The van der Waals surface area contributed by atoms with E-state index in [1.807, 2.05) is 0 Å². The van der Waals surface area contributed by atoms with E-state index in [2.05, 4.69) is 23.1 Å². The van der Waals surface area contributed by atoms with E-state index < -0.39 is 0 Å². The monoisotopic (exact) mass is 203 g/mol. The minimum absolute atomic E-state index is 0.155. The summed E-state index contributed by atoms with van der Waals surface area (Å²) in [7, 11) is 0. The van der Waals surface area contributed by atoms with E-state index in [4.69, 9.17) is 12.2 Å². The average Bonchev–Trinajstić information content (AvgIpc) is 2.09. The molecular formula is C8H17N3OS. The molecule has 0 unspecified atom stereocenters. The molecule has 0 rings (SSSR count). The minimum Gasteiger partial charge on any atom is -0.361 e. The Morgan fingerprint density at radius 3 is 2.54 bits per heavy atom. The number of hydrogen-bond acceptors (Lipinski definition) is 2. The first-order chi connectivity index (χ1) is 6.16. The van der Waals surface area contributed by atoms with E-state index in [1.165, 1.54) is 19.8 Å². The molecule has 3 N–H and O–H groups in total. The van der Waals surface area contributed by atoms with E-state index in [1.54, 1.807) is 0 Å². The van der Waals surface area contributed by atoms with Crippen LogP contribution in [0.25, 0.3) is 0 Å². The van der Waals surface area contributed by atoms with Gasteiger partial charge in [-0.05, 0) is 18.6 Å². The van der Waals surface area contributed by atoms with Gasteiger partial charge in [-0.3, -0.25) is 15.6 Å². The summed E-state index contributed by atoms with van der Waals surface area (Å²) >= 11 is 4.89. The summed E-state index contributed by atoms with van der Waals surface area (Å²) in [4.78, 5) is 10.5. The number of unbranched alkanes of at least 4 members (excludes halogenated alkanes) is 2. The zero-order chi connectivity index (χ0) is 10.1. The normalized spacial score (nSPS) is 9.08. The summed E-state index contributed by atoms with van der Waals surface area (Å²) in [6, 6.07) is 0. The van der Waals surface area contributed by atoms with Crippen LogP contribution >= 0.6 is 12.2 Å². The molecule has 0 aromatic carbocycles. The lowest BCUT2D eigenvalue weighted by Gasteiger charge is -2.09. The molecule has 0 saturated carbocycles. The van der Waals surface area contributed by atoms with Gasteiger partial charge in [0, 0.05) is 13.5 Å². The Kier molecular flexibility index (Phi) is 7.29. The van der Waals surface area contributed by atoms with Crippen molar-refractivity contribution in [1.29, 1.82) is 0 Å². The maximum atomic E-state index is 10.5. The quantitative estimate of drug-likeness (QED) is 0.357. The molecule has 0 aliphatic rings. The number of hydrogen-bond donors (Lipinski definition) is 3. The van der Waals surface area contributed by atoms with Crippen LogP contribution in [0.2, 0.25) is 0 Å². The third kappa shape index (κ3) is 9.07. The van der Waals surface area contributed by atoms with E-state index in [-0.39, 0.29) is 5.91 Å². The van der Waals surface area contributed by atoms with Crippen LogP contribution in [0.15, 0.2) is 0 Å². The maximum Gasteiger partial charge on any atom is 0.235 e. The Balaban J connectivity index is 3.25. The number of carbonyl (C=O) groups excluding carboxylic acids is 1. The number of nitrogens with one attached hydrogen (secondary N) is 3. The van der Waals surface area contributed by atoms with Crippen LogP contribution in [0.3, 0.4) is 0 Å². The molecule has 0 fully saturated rings. The van der Waals surface area contributed by atoms with Crippen LogP contribution in [0, 0.1) is 0 Å². The van der Waals surface area contributed by atoms with Crippen LogP contribution in [0.1, 0.15) is 33.1 Å². The highest BCUT2D eigenvalue weighted by Gasteiger charge is 1.94. The molecule has 13 heavy (non-hydrogen) atoms. The molecule has 0 aliphatic carbocycles. The van der Waals surface area contributed by atoms with Crippen molar-refractivity contribution in [3.05, 3.63) is 0 Å². The molecule has 4 nitrogen and oxygen atoms in total. The Morgan fingerprint density at radius 1 is 1.31 bits per heavy atom. The second-order valence-corrected chi connectivity index (χ2v) is 3.18. The highest BCUT2D eigenvalue weighted by atomic mass is 32.1. The van der Waals surface area contributed by atoms with Crippen molar-refractivity contribution in [3.8, 4) is 0 Å². The zero-order valence-electron chi connectivity index (χ0n) is 8.14. The van der Waals surface area contributed by atoms with Gasteiger partial charge in [0.05, 0.1) is 0 Å². The molecule has 0 atom stereocenters. The molecule has 0 heterocycles. The van der Waals surface area contributed by atoms with Crippen molar-refractivity contribution >= 4 is 23.2 Å². The standard InChI is InChI=1S/C8H17N3OS/c1-3-4-5-6-9-8(13)11-10-7(2)12/h3-6H2,1-2H3,(H,10,12)(H2,9,11,13). The first-order valence-corrected chi connectivity index (χ1v) is 4.88. The van der Waals surface area contributed by atoms with Gasteiger partial charge in [-0.15, -0.1) is 0 Å². The van der Waals surface area contributed by atoms with Crippen molar-refractivity contribution in [2.45, 2.75) is 33.1 Å². The molecular weight excluding hydrogens is 186 g/mol. The zero-order valence-corrected chi connectivity index (χ0v) is 8.96. The van der Waals surface area contributed by atoms with Crippen LogP contribution in [-0.4, -0.2) is 17.6 Å². The number of carbonyl (C=O) groups is 1. The third-order valence-corrected chi connectivity index (χ3v) is 1.66. The molecule has 5 heteroatoms. The van der Waals surface area contributed by atoms with Crippen LogP contribution in [0.5, 0.6) is 0 Å². The van der Waals surface area contributed by atoms with E-state index in [0.29, 0.717) is 5.11 Å². The number of thiocarbonyl (C=S) groups is 1. The Labute approximate surface area is 84.4 Å². The molecule has 0 aromatic heterocycles. The van der Waals surface area contributed by atoms with Gasteiger partial charge >= 0.3 is 0 Å². The largest absolute Gasteiger partial charge is 0.361 e. The highest BCUT2D eigenvalue weighted by molar-refractivity contribution is 7.80. The summed E-state index contributed by atoms with van der Waals surface area (Å²) in [6.07, 6.45) is 3.47. The molecule has 0 aliphatic heterocycles. The van der Waals surface area contributed by atoms with Crippen LogP contribution < -0.4 is 16.2 Å². The highest BCUT2D eigenvalue weighted by Crippen LogP contribution is 1.90. The van der Waals surface area contributed by atoms with Gasteiger partial charge in [0.25, 0.3) is 0 Å². The molecule has 0 spiro atoms. The predicted octanol–water partition coefficient (Wildman–Crippen LogP) is 0.692. The summed E-state index contributed by atoms with van der Waals surface area (Å²) in [5.74, 6) is -0.155. The molecule has 0 saturated heterocycles. The Bertz CT molecular complexity index is 173. The van der Waals surface area contributed by atoms with E-state index >= 15 is 0 Å². The van der Waals surface area contributed by atoms with Crippen molar-refractivity contribution in [1.82, 2.24) is 16.2 Å². The van der Waals surface area contributed by atoms with Gasteiger partial charge < -0.3 is 5.32 Å². The molecule has 0 bridgehead atoms. The average molecular weight is 203 g/mol. The topological polar surface area (TPSA) is 53.2 Å². The van der Waals surface area contributed by atoms with Gasteiger partial charge in [-0.1, -0.05) is 19.8 Å². The second kappa shape index (κ2) is 7.79. The van der Waals surface area contributed by atoms with Crippen molar-refractivity contribution in [3.63, 3.8) is 0 Å². The Hall–Kier alpha value is -0.840. The fraction of sp³-hybridized carbons (Fsp3) is 0.750. The predicted molar refractivity (Wildman–Crippen MR) is 57.1 cm³/mol. The number of amides is 1. The fourth-order valence-electron chi connectivity index (χ4n) is 0.766. The molecule has 1 amide bonds. The van der Waals surface area contributed by atoms with E-state index in [0.717, 1.165) is 13.0 Å². The molecule has 0 radical (unpaired) electrons. The van der Waals surface area contributed by atoms with Crippen LogP contribution in [0.4, 0.5) is 0 Å². The molecule has 76 valence electrons. The summed E-state index contributed by atoms with van der Waals surface area (Å²) < 4.78 is 0. The Morgan fingerprint density at radius 2 is 2.00 bits per heavy atom. The van der Waals surface area contributed by atoms with Gasteiger partial charge in [0.15, 0.2) is 5.11 Å². The van der Waals surface area contributed by atoms with Crippen molar-refractivity contribution in [2.24, 2.45) is 0 Å². The third-order valence-electron chi connectivity index (χ3n) is 1.42. The smallest absolute Gasteiger partial charge is 0.235 e. The number of rotatable bonds is 4. The summed E-state index contributed by atoms with van der Waals surface area (Å²) in [6.45, 7) is 4.42. The summed E-state index contributed by atoms with van der Waals surface area (Å²) in [5.41, 5.74) is 4.97. The van der Waals surface area contributed by atoms with E-state index in [9.17, 15) is 4.79 Å². The lowest BCUT2D eigenvalue weighted by Crippen LogP contribution is -2.46. The van der Waals surface area contributed by atoms with Gasteiger partial charge in [0.1, 0.15) is 0 Å². The van der Waals surface area contributed by atoms with Gasteiger partial charge in [-0.25, -0.2) is 0 Å². The maximum absolute atomic E-state index is 10.5. The SMILES string of the molecule is CCCCCNC(=S)NNC(C)=O. The summed E-state index contributed by atoms with van der Waals surface area (Å²) in [5, 5.41) is 3.44. The first kappa shape index (κ1) is 12.2.